The van der Waals surface area contributed by atoms with E-state index in [2.05, 4.69) is 0 Å². The number of amides is 2. The average molecular weight is 351 g/mol. The van der Waals surface area contributed by atoms with Crippen LogP contribution in [0.5, 0.6) is 0 Å². The Labute approximate surface area is 151 Å². The van der Waals surface area contributed by atoms with Crippen LogP contribution in [0.3, 0.4) is 0 Å². The number of hydrogen-bond donors (Lipinski definition) is 0. The van der Waals surface area contributed by atoms with E-state index in [0.717, 1.165) is 5.57 Å². The van der Waals surface area contributed by atoms with Crippen LogP contribution in [0, 0.1) is 16.7 Å². The molecule has 5 heteroatoms. The fourth-order valence-electron chi connectivity index (χ4n) is 3.30. The Kier molecular flexibility index (Phi) is 6.60. The zero-order valence-electron chi connectivity index (χ0n) is 16.9. The van der Waals surface area contributed by atoms with Crippen LogP contribution in [0.2, 0.25) is 0 Å². The highest BCUT2D eigenvalue weighted by molar-refractivity contribution is 6.05. The number of esters is 1. The molecule has 142 valence electrons. The number of ether oxygens (including phenoxy) is 1. The monoisotopic (exact) mass is 351 g/mol. The van der Waals surface area contributed by atoms with Gasteiger partial charge in [0.2, 0.25) is 11.8 Å². The largest absolute Gasteiger partial charge is 0.440 e. The molecule has 1 rings (SSSR count). The molecule has 25 heavy (non-hydrogen) atoms. The number of imide groups is 1. The first kappa shape index (κ1) is 21.4. The second-order valence-electron chi connectivity index (χ2n) is 8.16. The molecule has 1 aliphatic rings. The zero-order chi connectivity index (χ0) is 19.6. The Morgan fingerprint density at radius 1 is 1.20 bits per heavy atom. The first-order valence-corrected chi connectivity index (χ1v) is 9.18. The van der Waals surface area contributed by atoms with Gasteiger partial charge in [0.15, 0.2) is 6.23 Å². The van der Waals surface area contributed by atoms with Gasteiger partial charge in [-0.05, 0) is 32.1 Å². The van der Waals surface area contributed by atoms with Gasteiger partial charge in [-0.2, -0.15) is 0 Å². The number of rotatable bonds is 6. The molecule has 1 fully saturated rings. The van der Waals surface area contributed by atoms with Gasteiger partial charge in [0, 0.05) is 6.42 Å². The number of allylic oxidation sites excluding steroid dienone is 1. The fourth-order valence-corrected chi connectivity index (χ4v) is 3.30. The topological polar surface area (TPSA) is 63.7 Å². The van der Waals surface area contributed by atoms with Gasteiger partial charge in [-0.1, -0.05) is 53.2 Å². The molecule has 0 saturated carbocycles. The van der Waals surface area contributed by atoms with Gasteiger partial charge >= 0.3 is 5.97 Å². The van der Waals surface area contributed by atoms with E-state index in [0.29, 0.717) is 12.8 Å². The second-order valence-corrected chi connectivity index (χ2v) is 8.16. The summed E-state index contributed by atoms with van der Waals surface area (Å²) in [6.45, 7) is 15.3. The molecule has 1 aliphatic heterocycles. The summed E-state index contributed by atoms with van der Waals surface area (Å²) in [6.07, 6.45) is 2.39. The second kappa shape index (κ2) is 7.71. The summed E-state index contributed by atoms with van der Waals surface area (Å²) in [5.74, 6) is -1.36. The number of nitrogens with zero attached hydrogens (tertiary/aromatic N) is 1. The summed E-state index contributed by atoms with van der Waals surface area (Å²) in [7, 11) is 0. The Balaban J connectivity index is 3.27. The molecular weight excluding hydrogens is 318 g/mol. The van der Waals surface area contributed by atoms with Gasteiger partial charge in [-0.25, -0.2) is 4.90 Å². The quantitative estimate of drug-likeness (QED) is 0.411. The van der Waals surface area contributed by atoms with Crippen LogP contribution in [-0.4, -0.2) is 28.9 Å². The van der Waals surface area contributed by atoms with E-state index >= 15 is 0 Å². The number of carbonyl (C=O) groups excluding carboxylic acids is 3. The van der Waals surface area contributed by atoms with Crippen LogP contribution < -0.4 is 0 Å². The van der Waals surface area contributed by atoms with Crippen LogP contribution in [0.15, 0.2) is 11.6 Å². The van der Waals surface area contributed by atoms with Crippen molar-refractivity contribution in [3.8, 4) is 0 Å². The molecule has 0 spiro atoms. The molecule has 2 atom stereocenters. The van der Waals surface area contributed by atoms with Gasteiger partial charge < -0.3 is 4.74 Å². The van der Waals surface area contributed by atoms with Crippen molar-refractivity contribution >= 4 is 17.8 Å². The van der Waals surface area contributed by atoms with E-state index in [1.807, 2.05) is 54.5 Å². The van der Waals surface area contributed by atoms with Gasteiger partial charge in [0.05, 0.1) is 5.92 Å². The lowest BCUT2D eigenvalue weighted by Crippen LogP contribution is -2.72. The smallest absolute Gasteiger partial charge is 0.307 e. The van der Waals surface area contributed by atoms with Gasteiger partial charge in [0.1, 0.15) is 5.41 Å². The lowest BCUT2D eigenvalue weighted by molar-refractivity contribution is -0.223. The molecule has 1 heterocycles. The average Bonchev–Trinajstić information content (AvgIpc) is 2.52. The summed E-state index contributed by atoms with van der Waals surface area (Å²) < 4.78 is 5.53. The highest BCUT2D eigenvalue weighted by Crippen LogP contribution is 2.47. The standard InChI is InChI=1S/C20H33NO4/c1-9-15(22)25-18-20(10-2,11-3)17(24)21(18)16(23)14(12-13(4)5)19(6,7)8/h12,14,18H,9-11H2,1-8H3. The summed E-state index contributed by atoms with van der Waals surface area (Å²) in [5, 5.41) is 0. The number of likely N-dealkylation sites (tertiary alicyclic amines) is 1. The minimum absolute atomic E-state index is 0.215. The molecule has 0 aromatic heterocycles. The Morgan fingerprint density at radius 3 is 2.08 bits per heavy atom. The lowest BCUT2D eigenvalue weighted by atomic mass is 9.70. The molecule has 1 saturated heterocycles. The fraction of sp³-hybridized carbons (Fsp3) is 0.750. The molecule has 0 N–H and O–H groups in total. The van der Waals surface area contributed by atoms with Crippen molar-refractivity contribution in [1.82, 2.24) is 4.90 Å². The van der Waals surface area contributed by atoms with Crippen molar-refractivity contribution < 1.29 is 19.1 Å². The van der Waals surface area contributed by atoms with E-state index in [4.69, 9.17) is 4.74 Å². The molecule has 0 aromatic rings. The first-order chi connectivity index (χ1) is 11.5. The van der Waals surface area contributed by atoms with Crippen LogP contribution in [0.25, 0.3) is 0 Å². The van der Waals surface area contributed by atoms with Crippen LogP contribution in [0.4, 0.5) is 0 Å². The predicted molar refractivity (Wildman–Crippen MR) is 97.4 cm³/mol. The Hall–Kier alpha value is -1.65. The normalized spacial score (nSPS) is 20.6. The molecular formula is C20H33NO4. The van der Waals surface area contributed by atoms with E-state index in [-0.39, 0.29) is 23.7 Å². The minimum Gasteiger partial charge on any atom is -0.440 e. The van der Waals surface area contributed by atoms with Crippen molar-refractivity contribution in [1.29, 1.82) is 0 Å². The van der Waals surface area contributed by atoms with Crippen LogP contribution >= 0.6 is 0 Å². The van der Waals surface area contributed by atoms with Crippen LogP contribution in [0.1, 0.15) is 74.7 Å². The summed E-state index contributed by atoms with van der Waals surface area (Å²) in [6, 6.07) is 0. The molecule has 2 amide bonds. The van der Waals surface area contributed by atoms with Crippen molar-refractivity contribution in [3.63, 3.8) is 0 Å². The van der Waals surface area contributed by atoms with E-state index < -0.39 is 23.5 Å². The summed E-state index contributed by atoms with van der Waals surface area (Å²) >= 11 is 0. The zero-order valence-corrected chi connectivity index (χ0v) is 16.9. The van der Waals surface area contributed by atoms with Gasteiger partial charge in [0.25, 0.3) is 0 Å². The third kappa shape index (κ3) is 3.96. The van der Waals surface area contributed by atoms with E-state index in [1.54, 1.807) is 6.92 Å². The van der Waals surface area contributed by atoms with Crippen LogP contribution in [-0.2, 0) is 19.1 Å². The third-order valence-corrected chi connectivity index (χ3v) is 5.08. The van der Waals surface area contributed by atoms with Gasteiger partial charge in [-0.3, -0.25) is 14.4 Å². The third-order valence-electron chi connectivity index (χ3n) is 5.08. The number of hydrogen-bond acceptors (Lipinski definition) is 4. The Bertz CT molecular complexity index is 563. The van der Waals surface area contributed by atoms with Crippen molar-refractivity contribution in [2.24, 2.45) is 16.7 Å². The van der Waals surface area contributed by atoms with Crippen molar-refractivity contribution in [3.05, 3.63) is 11.6 Å². The molecule has 0 bridgehead atoms. The molecule has 0 aliphatic carbocycles. The highest BCUT2D eigenvalue weighted by atomic mass is 16.6. The maximum absolute atomic E-state index is 13.2. The van der Waals surface area contributed by atoms with Crippen molar-refractivity contribution in [2.75, 3.05) is 0 Å². The first-order valence-electron chi connectivity index (χ1n) is 9.18. The molecule has 2 unspecified atom stereocenters. The maximum atomic E-state index is 13.2. The Morgan fingerprint density at radius 2 is 1.72 bits per heavy atom. The maximum Gasteiger partial charge on any atom is 0.307 e. The van der Waals surface area contributed by atoms with E-state index in [9.17, 15) is 14.4 Å². The minimum atomic E-state index is -0.801. The summed E-state index contributed by atoms with van der Waals surface area (Å²) in [4.78, 5) is 39.1. The molecule has 0 aromatic carbocycles. The number of β-lactam (4-membered cyclic amide) rings is 1. The van der Waals surface area contributed by atoms with E-state index in [1.165, 1.54) is 4.90 Å². The summed E-state index contributed by atoms with van der Waals surface area (Å²) in [5.41, 5.74) is -0.112. The lowest BCUT2D eigenvalue weighted by Gasteiger charge is -2.54. The SMILES string of the molecule is CCC(=O)OC1N(C(=O)C(C=C(C)C)C(C)(C)C)C(=O)C1(CC)CC. The highest BCUT2D eigenvalue weighted by Gasteiger charge is 2.64. The van der Waals surface area contributed by atoms with Crippen molar-refractivity contribution in [2.45, 2.75) is 80.9 Å². The number of carbonyl (C=O) groups is 3. The molecule has 0 radical (unpaired) electrons. The predicted octanol–water partition coefficient (Wildman–Crippen LogP) is 4.07. The van der Waals surface area contributed by atoms with Gasteiger partial charge in [-0.15, -0.1) is 0 Å². The molecule has 5 nitrogen and oxygen atoms in total.